The van der Waals surface area contributed by atoms with Crippen LogP contribution in [0.2, 0.25) is 5.02 Å². The number of aromatic amines is 1. The topological polar surface area (TPSA) is 20.7 Å². The van der Waals surface area contributed by atoms with Gasteiger partial charge in [0.2, 0.25) is 0 Å². The predicted molar refractivity (Wildman–Crippen MR) is 78.7 cm³/mol. The van der Waals surface area contributed by atoms with Gasteiger partial charge in [-0.25, -0.2) is 0 Å². The summed E-state index contributed by atoms with van der Waals surface area (Å²) in [6, 6.07) is 5.87. The molecule has 2 nitrogen and oxygen atoms in total. The van der Waals surface area contributed by atoms with E-state index in [1.165, 1.54) is 19.3 Å². The molecule has 0 aliphatic heterocycles. The van der Waals surface area contributed by atoms with Crippen LogP contribution in [0.4, 0.5) is 0 Å². The predicted octanol–water partition coefficient (Wildman–Crippen LogP) is 4.85. The minimum absolute atomic E-state index is 0.761. The summed E-state index contributed by atoms with van der Waals surface area (Å²) >= 11 is 11.7. The highest BCUT2D eigenvalue weighted by Gasteiger charge is 2.09. The van der Waals surface area contributed by atoms with Gasteiger partial charge in [0.25, 0.3) is 0 Å². The summed E-state index contributed by atoms with van der Waals surface area (Å²) in [5, 5.41) is 0.764. The molecule has 1 N–H and O–H groups in total. The summed E-state index contributed by atoms with van der Waals surface area (Å²) in [6.07, 6.45) is 7.21. The lowest BCUT2D eigenvalue weighted by Crippen LogP contribution is -1.99. The number of fused-ring (bicyclic) bond motifs is 1. The van der Waals surface area contributed by atoms with Gasteiger partial charge in [-0.2, -0.15) is 0 Å². The second kappa shape index (κ2) is 4.90. The van der Waals surface area contributed by atoms with Crippen LogP contribution in [0.25, 0.3) is 11.0 Å². The van der Waals surface area contributed by atoms with Gasteiger partial charge in [0.15, 0.2) is 4.77 Å². The Balaban J connectivity index is 1.95. The van der Waals surface area contributed by atoms with E-state index in [0.717, 1.165) is 33.8 Å². The van der Waals surface area contributed by atoms with Crippen molar-refractivity contribution < 1.29 is 0 Å². The molecule has 0 atom stereocenters. The van der Waals surface area contributed by atoms with Gasteiger partial charge >= 0.3 is 0 Å². The molecule has 1 heterocycles. The van der Waals surface area contributed by atoms with Crippen molar-refractivity contribution in [2.75, 3.05) is 0 Å². The molecule has 2 aromatic rings. The summed E-state index contributed by atoms with van der Waals surface area (Å²) in [5.74, 6) is 0. The standard InChI is InChI=1S/C14H15ClN2S/c15-11-6-3-7-12-13(11)17(14(18)16-12)9-8-10-4-1-2-5-10/h3-4,6-7H,1-2,5,8-9H2,(H,16,18). The largest absolute Gasteiger partial charge is 0.331 e. The van der Waals surface area contributed by atoms with Gasteiger partial charge in [-0.3, -0.25) is 0 Å². The first-order chi connectivity index (χ1) is 8.75. The molecular weight excluding hydrogens is 264 g/mol. The number of rotatable bonds is 3. The molecule has 18 heavy (non-hydrogen) atoms. The summed E-state index contributed by atoms with van der Waals surface area (Å²) in [4.78, 5) is 3.22. The minimum Gasteiger partial charge on any atom is -0.331 e. The van der Waals surface area contributed by atoms with Gasteiger partial charge in [-0.05, 0) is 50.0 Å². The smallest absolute Gasteiger partial charge is 0.178 e. The normalized spacial score (nSPS) is 15.3. The number of aromatic nitrogens is 2. The summed E-state index contributed by atoms with van der Waals surface area (Å²) in [6.45, 7) is 0.911. The maximum absolute atomic E-state index is 6.27. The van der Waals surface area contributed by atoms with Crippen LogP contribution in [-0.4, -0.2) is 9.55 Å². The van der Waals surface area contributed by atoms with Crippen molar-refractivity contribution in [1.82, 2.24) is 9.55 Å². The number of nitrogens with zero attached hydrogens (tertiary/aromatic N) is 1. The van der Waals surface area contributed by atoms with E-state index in [1.54, 1.807) is 5.57 Å². The van der Waals surface area contributed by atoms with E-state index in [0.29, 0.717) is 0 Å². The minimum atomic E-state index is 0.761. The lowest BCUT2D eigenvalue weighted by atomic mass is 10.1. The van der Waals surface area contributed by atoms with Crippen molar-refractivity contribution in [2.24, 2.45) is 0 Å². The summed E-state index contributed by atoms with van der Waals surface area (Å²) < 4.78 is 2.88. The third kappa shape index (κ3) is 2.13. The van der Waals surface area contributed by atoms with Gasteiger partial charge in [-0.1, -0.05) is 29.3 Å². The van der Waals surface area contributed by atoms with E-state index in [4.69, 9.17) is 23.8 Å². The van der Waals surface area contributed by atoms with Gasteiger partial charge in [0, 0.05) is 6.54 Å². The van der Waals surface area contributed by atoms with Crippen LogP contribution in [-0.2, 0) is 6.54 Å². The number of para-hydroxylation sites is 1. The lowest BCUT2D eigenvalue weighted by Gasteiger charge is -2.06. The molecule has 0 amide bonds. The van der Waals surface area contributed by atoms with Gasteiger partial charge in [-0.15, -0.1) is 0 Å². The number of hydrogen-bond acceptors (Lipinski definition) is 1. The molecule has 0 saturated carbocycles. The van der Waals surface area contributed by atoms with Gasteiger partial charge in [0.1, 0.15) is 0 Å². The number of hydrogen-bond donors (Lipinski definition) is 1. The monoisotopic (exact) mass is 278 g/mol. The third-order valence-electron chi connectivity index (χ3n) is 3.54. The number of benzene rings is 1. The van der Waals surface area contributed by atoms with Gasteiger partial charge in [0.05, 0.1) is 16.1 Å². The van der Waals surface area contributed by atoms with Crippen molar-refractivity contribution in [3.05, 3.63) is 39.6 Å². The van der Waals surface area contributed by atoms with E-state index < -0.39 is 0 Å². The van der Waals surface area contributed by atoms with Crippen LogP contribution >= 0.6 is 23.8 Å². The van der Waals surface area contributed by atoms with E-state index >= 15 is 0 Å². The van der Waals surface area contributed by atoms with E-state index in [-0.39, 0.29) is 0 Å². The van der Waals surface area contributed by atoms with Crippen LogP contribution in [0.5, 0.6) is 0 Å². The Morgan fingerprint density at radius 2 is 2.28 bits per heavy atom. The van der Waals surface area contributed by atoms with Crippen LogP contribution in [0.3, 0.4) is 0 Å². The molecule has 1 aromatic heterocycles. The Morgan fingerprint density at radius 3 is 3.06 bits per heavy atom. The quantitative estimate of drug-likeness (QED) is 0.628. The average molecular weight is 279 g/mol. The van der Waals surface area contributed by atoms with Crippen LogP contribution < -0.4 is 0 Å². The summed E-state index contributed by atoms with van der Waals surface area (Å²) in [5.41, 5.74) is 3.61. The first-order valence-corrected chi connectivity index (χ1v) is 7.09. The van der Waals surface area contributed by atoms with E-state index in [2.05, 4.69) is 15.6 Å². The van der Waals surface area contributed by atoms with Crippen molar-refractivity contribution >= 4 is 34.9 Å². The fourth-order valence-electron chi connectivity index (χ4n) is 2.61. The molecule has 1 aliphatic rings. The van der Waals surface area contributed by atoms with Crippen molar-refractivity contribution in [1.29, 1.82) is 0 Å². The highest BCUT2D eigenvalue weighted by atomic mass is 35.5. The van der Waals surface area contributed by atoms with Crippen LogP contribution in [0, 0.1) is 4.77 Å². The SMILES string of the molecule is S=c1[nH]c2cccc(Cl)c2n1CCC1=CCCC1. The average Bonchev–Trinajstić information content (AvgIpc) is 2.94. The van der Waals surface area contributed by atoms with E-state index in [1.807, 2.05) is 18.2 Å². The van der Waals surface area contributed by atoms with E-state index in [9.17, 15) is 0 Å². The molecule has 0 saturated heterocycles. The molecule has 94 valence electrons. The molecule has 0 radical (unpaired) electrons. The molecule has 3 rings (SSSR count). The van der Waals surface area contributed by atoms with Crippen LogP contribution in [0.1, 0.15) is 25.7 Å². The Morgan fingerprint density at radius 1 is 1.39 bits per heavy atom. The van der Waals surface area contributed by atoms with Crippen molar-refractivity contribution in [3.63, 3.8) is 0 Å². The van der Waals surface area contributed by atoms with Gasteiger partial charge < -0.3 is 9.55 Å². The van der Waals surface area contributed by atoms with Crippen molar-refractivity contribution in [3.8, 4) is 0 Å². The molecule has 0 unspecified atom stereocenters. The number of imidazole rings is 1. The zero-order valence-electron chi connectivity index (χ0n) is 10.1. The zero-order chi connectivity index (χ0) is 12.5. The number of nitrogens with one attached hydrogen (secondary N) is 1. The maximum atomic E-state index is 6.27. The molecule has 4 heteroatoms. The molecule has 1 aliphatic carbocycles. The molecular formula is C14H15ClN2S. The summed E-state index contributed by atoms with van der Waals surface area (Å²) in [7, 11) is 0. The Hall–Kier alpha value is -1.06. The fourth-order valence-corrected chi connectivity index (χ4v) is 3.18. The third-order valence-corrected chi connectivity index (χ3v) is 4.16. The Labute approximate surface area is 116 Å². The second-order valence-electron chi connectivity index (χ2n) is 4.72. The van der Waals surface area contributed by atoms with Crippen molar-refractivity contribution in [2.45, 2.75) is 32.2 Å². The number of allylic oxidation sites excluding steroid dienone is 2. The molecule has 0 spiro atoms. The first-order valence-electron chi connectivity index (χ1n) is 6.30. The number of H-pyrrole nitrogens is 1. The highest BCUT2D eigenvalue weighted by molar-refractivity contribution is 7.71. The second-order valence-corrected chi connectivity index (χ2v) is 5.52. The Bertz CT molecular complexity index is 666. The zero-order valence-corrected chi connectivity index (χ0v) is 11.7. The first kappa shape index (κ1) is 12.0. The molecule has 0 fully saturated rings. The molecule has 1 aromatic carbocycles. The Kier molecular flexibility index (Phi) is 3.27. The number of halogens is 1. The fraction of sp³-hybridized carbons (Fsp3) is 0.357. The molecule has 0 bridgehead atoms. The van der Waals surface area contributed by atoms with Crippen LogP contribution in [0.15, 0.2) is 29.8 Å². The number of aryl methyl sites for hydroxylation is 1. The lowest BCUT2D eigenvalue weighted by molar-refractivity contribution is 0.688. The highest BCUT2D eigenvalue weighted by Crippen LogP contribution is 2.26. The maximum Gasteiger partial charge on any atom is 0.178 e.